The Bertz CT molecular complexity index is 1110. The number of aliphatic carboxylic acids is 1. The minimum atomic E-state index is -1.43. The van der Waals surface area contributed by atoms with E-state index < -0.39 is 30.4 Å². The number of hydrogen-bond donors (Lipinski definition) is 5. The SMILES string of the molecule is O=C(CCc1ccc2c(n1)NCCC2)NCC(=O)NC[C@H](NC(=O)c1c(Cl)cccc1Cl)C(=O)O. The first-order chi connectivity index (χ1) is 16.7. The Morgan fingerprint density at radius 2 is 1.80 bits per heavy atom. The number of carbonyl (C=O) groups excluding carboxylic acids is 3. The van der Waals surface area contributed by atoms with Crippen LogP contribution in [0.5, 0.6) is 0 Å². The van der Waals surface area contributed by atoms with Crippen LogP contribution in [0.1, 0.15) is 34.5 Å². The molecule has 0 radical (unpaired) electrons. The molecular formula is C23H25Cl2N5O5. The van der Waals surface area contributed by atoms with Crippen LogP contribution in [0.3, 0.4) is 0 Å². The highest BCUT2D eigenvalue weighted by Crippen LogP contribution is 2.24. The summed E-state index contributed by atoms with van der Waals surface area (Å²) in [6.07, 6.45) is 2.60. The van der Waals surface area contributed by atoms with Crippen molar-refractivity contribution < 1.29 is 24.3 Å². The lowest BCUT2D eigenvalue weighted by Crippen LogP contribution is -2.50. The summed E-state index contributed by atoms with van der Waals surface area (Å²) in [6.45, 7) is 0.137. The second-order valence-electron chi connectivity index (χ2n) is 7.88. The number of carbonyl (C=O) groups is 4. The van der Waals surface area contributed by atoms with E-state index in [1.54, 1.807) is 6.07 Å². The molecule has 35 heavy (non-hydrogen) atoms. The van der Waals surface area contributed by atoms with Crippen LogP contribution < -0.4 is 21.3 Å². The highest BCUT2D eigenvalue weighted by molar-refractivity contribution is 6.39. The number of pyridine rings is 1. The molecule has 3 rings (SSSR count). The van der Waals surface area contributed by atoms with E-state index in [4.69, 9.17) is 23.2 Å². The number of anilines is 1. The van der Waals surface area contributed by atoms with Crippen molar-refractivity contribution in [2.75, 3.05) is 25.0 Å². The number of carboxylic acid groups (broad SMARTS) is 1. The van der Waals surface area contributed by atoms with Crippen molar-refractivity contribution in [3.63, 3.8) is 0 Å². The lowest BCUT2D eigenvalue weighted by Gasteiger charge is -2.17. The largest absolute Gasteiger partial charge is 0.480 e. The quantitative estimate of drug-likeness (QED) is 0.319. The molecule has 1 aliphatic heterocycles. The lowest BCUT2D eigenvalue weighted by molar-refractivity contribution is -0.139. The van der Waals surface area contributed by atoms with E-state index >= 15 is 0 Å². The van der Waals surface area contributed by atoms with Gasteiger partial charge in [-0.05, 0) is 43.0 Å². The fraction of sp³-hybridized carbons (Fsp3) is 0.348. The molecule has 0 bridgehead atoms. The van der Waals surface area contributed by atoms with Gasteiger partial charge in [0.25, 0.3) is 5.91 Å². The fourth-order valence-electron chi connectivity index (χ4n) is 3.44. The molecule has 1 aromatic heterocycles. The molecule has 0 unspecified atom stereocenters. The standard InChI is InChI=1S/C23H25Cl2N5O5/c24-15-4-1-5-16(25)20(15)22(33)30-17(23(34)35)11-27-19(32)12-28-18(31)9-8-14-7-6-13-3-2-10-26-21(13)29-14/h1,4-7,17H,2-3,8-12H2,(H,26,29)(H,27,32)(H,28,31)(H,30,33)(H,34,35)/t17-/m0/s1. The molecule has 5 N–H and O–H groups in total. The van der Waals surface area contributed by atoms with Crippen LogP contribution in [0, 0.1) is 0 Å². The van der Waals surface area contributed by atoms with E-state index in [1.165, 1.54) is 12.1 Å². The predicted octanol–water partition coefficient (Wildman–Crippen LogP) is 1.79. The van der Waals surface area contributed by atoms with Gasteiger partial charge >= 0.3 is 5.97 Å². The number of hydrogen-bond acceptors (Lipinski definition) is 6. The Morgan fingerprint density at radius 1 is 1.06 bits per heavy atom. The van der Waals surface area contributed by atoms with E-state index in [0.29, 0.717) is 6.42 Å². The number of rotatable bonds is 10. The highest BCUT2D eigenvalue weighted by Gasteiger charge is 2.24. The molecule has 1 aliphatic rings. The summed E-state index contributed by atoms with van der Waals surface area (Å²) in [5.41, 5.74) is 1.87. The maximum absolute atomic E-state index is 12.4. The summed E-state index contributed by atoms with van der Waals surface area (Å²) in [5, 5.41) is 19.9. The molecule has 0 saturated carbocycles. The van der Waals surface area contributed by atoms with E-state index in [2.05, 4.69) is 26.3 Å². The predicted molar refractivity (Wildman–Crippen MR) is 131 cm³/mol. The van der Waals surface area contributed by atoms with Crippen molar-refractivity contribution in [1.82, 2.24) is 20.9 Å². The summed E-state index contributed by atoms with van der Waals surface area (Å²) in [6, 6.07) is 6.90. The maximum Gasteiger partial charge on any atom is 0.328 e. The van der Waals surface area contributed by atoms with E-state index in [1.807, 2.05) is 12.1 Å². The molecule has 0 saturated heterocycles. The molecular weight excluding hydrogens is 497 g/mol. The van der Waals surface area contributed by atoms with Gasteiger partial charge in [-0.2, -0.15) is 0 Å². The molecule has 1 aromatic carbocycles. The van der Waals surface area contributed by atoms with E-state index in [0.717, 1.165) is 36.5 Å². The molecule has 0 spiro atoms. The number of benzene rings is 1. The maximum atomic E-state index is 12.4. The van der Waals surface area contributed by atoms with E-state index in [-0.39, 0.29) is 34.5 Å². The van der Waals surface area contributed by atoms with Gasteiger partial charge in [0.15, 0.2) is 0 Å². The zero-order valence-corrected chi connectivity index (χ0v) is 20.2. The average Bonchev–Trinajstić information content (AvgIpc) is 2.83. The average molecular weight is 522 g/mol. The zero-order valence-electron chi connectivity index (χ0n) is 18.7. The molecule has 3 amide bonds. The van der Waals surface area contributed by atoms with Crippen molar-refractivity contribution in [3.05, 3.63) is 57.2 Å². The van der Waals surface area contributed by atoms with Crippen LogP contribution in [0.2, 0.25) is 10.0 Å². The number of aromatic nitrogens is 1. The third kappa shape index (κ3) is 7.56. The van der Waals surface area contributed by atoms with Crippen LogP contribution in [-0.2, 0) is 27.2 Å². The Balaban J connectivity index is 1.42. The normalized spacial score (nSPS) is 13.1. The number of fused-ring (bicyclic) bond motifs is 1. The van der Waals surface area contributed by atoms with Crippen molar-refractivity contribution >= 4 is 52.7 Å². The van der Waals surface area contributed by atoms with Crippen molar-refractivity contribution in [2.24, 2.45) is 0 Å². The van der Waals surface area contributed by atoms with Gasteiger partial charge in [0.1, 0.15) is 11.9 Å². The number of aryl methyl sites for hydroxylation is 2. The summed E-state index contributed by atoms with van der Waals surface area (Å²) in [7, 11) is 0. The molecule has 186 valence electrons. The van der Waals surface area contributed by atoms with Crippen molar-refractivity contribution in [1.29, 1.82) is 0 Å². The lowest BCUT2D eigenvalue weighted by atomic mass is 10.1. The first kappa shape index (κ1) is 26.2. The summed E-state index contributed by atoms with van der Waals surface area (Å²) < 4.78 is 0. The minimum absolute atomic E-state index is 0.0627. The van der Waals surface area contributed by atoms with Gasteiger partial charge in [-0.25, -0.2) is 9.78 Å². The molecule has 12 heteroatoms. The third-order valence-corrected chi connectivity index (χ3v) is 5.93. The number of amides is 3. The third-order valence-electron chi connectivity index (χ3n) is 5.30. The molecule has 2 aromatic rings. The molecule has 10 nitrogen and oxygen atoms in total. The van der Waals surface area contributed by atoms with Crippen LogP contribution >= 0.6 is 23.2 Å². The number of nitrogens with zero attached hydrogens (tertiary/aromatic N) is 1. The van der Waals surface area contributed by atoms with Gasteiger partial charge in [-0.3, -0.25) is 14.4 Å². The van der Waals surface area contributed by atoms with Crippen LogP contribution in [0.15, 0.2) is 30.3 Å². The van der Waals surface area contributed by atoms with Crippen molar-refractivity contribution in [2.45, 2.75) is 31.7 Å². The molecule has 0 fully saturated rings. The van der Waals surface area contributed by atoms with Gasteiger partial charge in [-0.15, -0.1) is 0 Å². The molecule has 0 aliphatic carbocycles. The number of nitrogens with one attached hydrogen (secondary N) is 4. The summed E-state index contributed by atoms with van der Waals surface area (Å²) >= 11 is 11.9. The second kappa shape index (κ2) is 12.4. The topological polar surface area (TPSA) is 150 Å². The van der Waals surface area contributed by atoms with Crippen LogP contribution in [0.4, 0.5) is 5.82 Å². The van der Waals surface area contributed by atoms with Gasteiger partial charge in [0, 0.05) is 25.2 Å². The second-order valence-corrected chi connectivity index (χ2v) is 8.70. The van der Waals surface area contributed by atoms with Gasteiger partial charge < -0.3 is 26.4 Å². The molecule has 2 heterocycles. The first-order valence-corrected chi connectivity index (χ1v) is 11.7. The summed E-state index contributed by atoms with van der Waals surface area (Å²) in [5.74, 6) is -2.25. The Kier molecular flexibility index (Phi) is 9.27. The highest BCUT2D eigenvalue weighted by atomic mass is 35.5. The summed E-state index contributed by atoms with van der Waals surface area (Å²) in [4.78, 5) is 52.6. The minimum Gasteiger partial charge on any atom is -0.480 e. The first-order valence-electron chi connectivity index (χ1n) is 11.0. The fourth-order valence-corrected chi connectivity index (χ4v) is 4.01. The Labute approximate surface area is 211 Å². The number of halogens is 2. The number of carboxylic acids is 1. The van der Waals surface area contributed by atoms with Gasteiger partial charge in [0.05, 0.1) is 22.2 Å². The Hall–Kier alpha value is -3.37. The Morgan fingerprint density at radius 3 is 2.51 bits per heavy atom. The van der Waals surface area contributed by atoms with E-state index in [9.17, 15) is 24.3 Å². The smallest absolute Gasteiger partial charge is 0.328 e. The molecule has 1 atom stereocenters. The van der Waals surface area contributed by atoms with Crippen molar-refractivity contribution in [3.8, 4) is 0 Å². The van der Waals surface area contributed by atoms with Gasteiger partial charge in [0.2, 0.25) is 11.8 Å². The van der Waals surface area contributed by atoms with Crippen LogP contribution in [-0.4, -0.2) is 59.5 Å². The van der Waals surface area contributed by atoms with Gasteiger partial charge in [-0.1, -0.05) is 35.3 Å². The van der Waals surface area contributed by atoms with Crippen LogP contribution in [0.25, 0.3) is 0 Å². The zero-order chi connectivity index (χ0) is 25.4. The monoisotopic (exact) mass is 521 g/mol.